The summed E-state index contributed by atoms with van der Waals surface area (Å²) in [5, 5.41) is 10.00. The number of hydrogen-bond acceptors (Lipinski definition) is 3. The zero-order valence-corrected chi connectivity index (χ0v) is 17.3. The molecule has 1 aromatic carbocycles. The van der Waals surface area contributed by atoms with Crippen molar-refractivity contribution in [3.05, 3.63) is 79.3 Å². The molecule has 0 fully saturated rings. The maximum atomic E-state index is 10.0. The summed E-state index contributed by atoms with van der Waals surface area (Å²) < 4.78 is 10.7. The van der Waals surface area contributed by atoms with E-state index in [0.29, 0.717) is 5.36 Å². The van der Waals surface area contributed by atoms with E-state index in [9.17, 15) is 4.79 Å². The Balaban J connectivity index is 0.000000366. The van der Waals surface area contributed by atoms with Gasteiger partial charge in [0, 0.05) is 37.9 Å². The van der Waals surface area contributed by atoms with Crippen LogP contribution in [-0.2, 0) is 24.9 Å². The minimum atomic E-state index is -0.125. The van der Waals surface area contributed by atoms with Crippen molar-refractivity contribution in [3.63, 3.8) is 0 Å². The molecule has 0 aliphatic rings. The first-order chi connectivity index (χ1) is 11.8. The Morgan fingerprint density at radius 2 is 1.96 bits per heavy atom. The maximum Gasteiger partial charge on any atom is 0.155 e. The summed E-state index contributed by atoms with van der Waals surface area (Å²) >= 11 is 1.48. The maximum absolute atomic E-state index is 10.0. The fourth-order valence-electron chi connectivity index (χ4n) is 2.32. The van der Waals surface area contributed by atoms with Gasteiger partial charge in [0.15, 0.2) is 5.78 Å². The number of allylic oxidation sites excluding steroid dienone is 2. The summed E-state index contributed by atoms with van der Waals surface area (Å²) in [5.41, 5.74) is 3.06. The number of carbonyl (C=O) groups is 1. The van der Waals surface area contributed by atoms with Crippen LogP contribution in [0.1, 0.15) is 20.8 Å². The standard InChI is InChI=1S/C15H12NS.C5H8O2.Ir/c1-11-5-3-4-6-12(11)15-13-8-10-17-14(13)7-9-16(15)2;1-4(6)3-5(2)7;/h3-10H,1-2H2;3,6H,1-2H3;/q-1;;/b;4-3-;/i10D;;. The number of rotatable bonds is 2. The molecule has 3 nitrogen and oxygen atoms in total. The van der Waals surface area contributed by atoms with Crippen molar-refractivity contribution in [2.75, 3.05) is 0 Å². The van der Waals surface area contributed by atoms with Crippen LogP contribution in [0.3, 0.4) is 0 Å². The molecule has 2 aromatic heterocycles. The molecule has 3 aromatic rings. The quantitative estimate of drug-likeness (QED) is 0.225. The van der Waals surface area contributed by atoms with Crippen molar-refractivity contribution in [3.8, 4) is 11.3 Å². The summed E-state index contributed by atoms with van der Waals surface area (Å²) in [6.45, 7) is 6.92. The van der Waals surface area contributed by atoms with Crippen LogP contribution in [0.15, 0.2) is 59.8 Å². The Morgan fingerprint density at radius 3 is 2.52 bits per heavy atom. The smallest absolute Gasteiger partial charge is 0.155 e. The Bertz CT molecular complexity index is 946. The predicted molar refractivity (Wildman–Crippen MR) is 99.7 cm³/mol. The minimum Gasteiger partial charge on any atom is -0.512 e. The molecule has 3 rings (SSSR count). The molecule has 0 spiro atoms. The van der Waals surface area contributed by atoms with Crippen molar-refractivity contribution in [1.82, 2.24) is 0 Å². The molecule has 25 heavy (non-hydrogen) atoms. The number of fused-ring (bicyclic) bond motifs is 1. The largest absolute Gasteiger partial charge is 0.512 e. The molecule has 0 aliphatic heterocycles. The van der Waals surface area contributed by atoms with Crippen molar-refractivity contribution in [1.29, 1.82) is 0 Å². The molecule has 0 saturated carbocycles. The molecule has 1 radical (unpaired) electrons. The van der Waals surface area contributed by atoms with E-state index in [1.807, 2.05) is 47.2 Å². The van der Waals surface area contributed by atoms with E-state index in [2.05, 4.69) is 14.0 Å². The molecule has 0 bridgehead atoms. The SMILES string of the molecule is CC(=O)/C=C(/C)O.[2H]c1cc2c(-c3ccccc3[CH2-])[n+]([CH2-])ccc2s1.[Ir]. The van der Waals surface area contributed by atoms with Crippen LogP contribution in [-0.4, -0.2) is 10.9 Å². The van der Waals surface area contributed by atoms with Gasteiger partial charge >= 0.3 is 0 Å². The molecule has 2 heterocycles. The fourth-order valence-corrected chi connectivity index (χ4v) is 3.02. The molecule has 5 heteroatoms. The molecule has 0 amide bonds. The number of carbonyl (C=O) groups excluding carboxylic acids is 1. The van der Waals surface area contributed by atoms with Gasteiger partial charge in [-0.1, -0.05) is 12.1 Å². The van der Waals surface area contributed by atoms with Gasteiger partial charge in [-0.05, 0) is 30.7 Å². The molecule has 0 atom stereocenters. The first-order valence-corrected chi connectivity index (χ1v) is 8.16. The average Bonchev–Trinajstić information content (AvgIpc) is 2.88. The first kappa shape index (κ1) is 19.3. The van der Waals surface area contributed by atoms with Gasteiger partial charge in [0.1, 0.15) is 0 Å². The summed E-state index contributed by atoms with van der Waals surface area (Å²) in [7, 11) is 4.03. The predicted octanol–water partition coefficient (Wildman–Crippen LogP) is 4.71. The molecule has 0 unspecified atom stereocenters. The van der Waals surface area contributed by atoms with Gasteiger partial charge in [-0.15, -0.1) is 29.0 Å². The second-order valence-electron chi connectivity index (χ2n) is 5.33. The molecular formula is C20H20IrNO2S-. The van der Waals surface area contributed by atoms with Crippen LogP contribution in [0.25, 0.3) is 21.3 Å². The van der Waals surface area contributed by atoms with Gasteiger partial charge in [-0.3, -0.25) is 4.79 Å². The topological polar surface area (TPSA) is 41.2 Å². The third kappa shape index (κ3) is 5.46. The molecule has 1 N–H and O–H groups in total. The molecule has 0 saturated heterocycles. The van der Waals surface area contributed by atoms with Gasteiger partial charge in [-0.25, -0.2) is 0 Å². The van der Waals surface area contributed by atoms with Gasteiger partial charge in [0.2, 0.25) is 0 Å². The Labute approximate surface area is 167 Å². The number of aliphatic hydroxyl groups is 1. The molecule has 0 aliphatic carbocycles. The van der Waals surface area contributed by atoms with Crippen LogP contribution in [0.5, 0.6) is 0 Å². The van der Waals surface area contributed by atoms with E-state index in [4.69, 9.17) is 6.48 Å². The zero-order chi connectivity index (χ0) is 18.6. The van der Waals surface area contributed by atoms with Crippen molar-refractivity contribution < 1.29 is 35.9 Å². The number of hydrogen-bond donors (Lipinski definition) is 1. The van der Waals surface area contributed by atoms with Crippen LogP contribution in [0, 0.1) is 14.0 Å². The monoisotopic (exact) mass is 532 g/mol. The summed E-state index contributed by atoms with van der Waals surface area (Å²) in [4.78, 5) is 10.0. The number of benzene rings is 1. The summed E-state index contributed by atoms with van der Waals surface area (Å²) in [6, 6.07) is 11.9. The van der Waals surface area contributed by atoms with E-state index >= 15 is 0 Å². The van der Waals surface area contributed by atoms with Gasteiger partial charge in [0.05, 0.1) is 19.0 Å². The van der Waals surface area contributed by atoms with Crippen molar-refractivity contribution in [2.45, 2.75) is 13.8 Å². The number of aliphatic hydroxyl groups excluding tert-OH is 1. The average molecular weight is 532 g/mol. The van der Waals surface area contributed by atoms with Gasteiger partial charge < -0.3 is 9.67 Å². The number of aromatic nitrogens is 1. The minimum absolute atomic E-state index is 0. The second-order valence-corrected chi connectivity index (χ2v) is 6.21. The number of pyridine rings is 1. The number of ketones is 1. The molecular weight excluding hydrogens is 511 g/mol. The first-order valence-electron chi connectivity index (χ1n) is 7.84. The number of nitrogens with zero attached hydrogens (tertiary/aromatic N) is 1. The Morgan fingerprint density at radius 1 is 1.28 bits per heavy atom. The third-order valence-corrected chi connectivity index (χ3v) is 4.08. The summed E-state index contributed by atoms with van der Waals surface area (Å²) in [5.74, 6) is -0.0625. The van der Waals surface area contributed by atoms with E-state index in [1.54, 1.807) is 0 Å². The van der Waals surface area contributed by atoms with Crippen LogP contribution < -0.4 is 4.57 Å². The molecule has 133 valence electrons. The number of thiophene rings is 1. The fraction of sp³-hybridized carbons (Fsp3) is 0.100. The van der Waals surface area contributed by atoms with Gasteiger partial charge in [-0.2, -0.15) is 18.6 Å². The van der Waals surface area contributed by atoms with Crippen molar-refractivity contribution in [2.24, 2.45) is 0 Å². The second kappa shape index (κ2) is 9.42. The van der Waals surface area contributed by atoms with E-state index in [0.717, 1.165) is 26.9 Å². The van der Waals surface area contributed by atoms with E-state index < -0.39 is 0 Å². The summed E-state index contributed by atoms with van der Waals surface area (Å²) in [6.07, 6.45) is 3.10. The third-order valence-electron chi connectivity index (χ3n) is 3.27. The van der Waals surface area contributed by atoms with E-state index in [-0.39, 0.29) is 31.6 Å². The Kier molecular flexibility index (Phi) is 7.26. The van der Waals surface area contributed by atoms with Crippen LogP contribution in [0.2, 0.25) is 0 Å². The Hall–Kier alpha value is -2.07. The van der Waals surface area contributed by atoms with E-state index in [1.165, 1.54) is 31.3 Å². The van der Waals surface area contributed by atoms with Crippen molar-refractivity contribution >= 4 is 27.2 Å². The normalized spacial score (nSPS) is 11.1. The van der Waals surface area contributed by atoms with Crippen LogP contribution >= 0.6 is 11.3 Å². The van der Waals surface area contributed by atoms with Crippen LogP contribution in [0.4, 0.5) is 0 Å². The van der Waals surface area contributed by atoms with Gasteiger partial charge in [0.25, 0.3) is 0 Å². The zero-order valence-electron chi connectivity index (χ0n) is 15.1.